The van der Waals surface area contributed by atoms with Crippen molar-refractivity contribution >= 4 is 11.9 Å². The second kappa shape index (κ2) is 8.69. The summed E-state index contributed by atoms with van der Waals surface area (Å²) in [7, 11) is 1.58. The number of rotatable bonds is 8. The summed E-state index contributed by atoms with van der Waals surface area (Å²) in [6, 6.07) is 0. The van der Waals surface area contributed by atoms with E-state index >= 15 is 0 Å². The van der Waals surface area contributed by atoms with Gasteiger partial charge in [-0.2, -0.15) is 0 Å². The summed E-state index contributed by atoms with van der Waals surface area (Å²) in [4.78, 5) is 25.1. The first kappa shape index (κ1) is 17.6. The van der Waals surface area contributed by atoms with Gasteiger partial charge in [0, 0.05) is 26.6 Å². The molecule has 0 aliphatic heterocycles. The van der Waals surface area contributed by atoms with Crippen LogP contribution in [0.3, 0.4) is 0 Å². The Bertz CT molecular complexity index is 307. The Labute approximate surface area is 115 Å². The van der Waals surface area contributed by atoms with Crippen LogP contribution in [0.15, 0.2) is 12.7 Å². The maximum absolute atomic E-state index is 11.9. The summed E-state index contributed by atoms with van der Waals surface area (Å²) in [5.74, 6) is -0.450. The van der Waals surface area contributed by atoms with E-state index in [1.807, 2.05) is 0 Å². The predicted octanol–water partition coefficient (Wildman–Crippen LogP) is 1.77. The Morgan fingerprint density at radius 3 is 2.37 bits per heavy atom. The predicted molar refractivity (Wildman–Crippen MR) is 73.7 cm³/mol. The minimum Gasteiger partial charge on any atom is -0.460 e. The van der Waals surface area contributed by atoms with Gasteiger partial charge in [0.15, 0.2) is 0 Å². The molecule has 0 saturated heterocycles. The molecule has 0 aromatic carbocycles. The molecule has 1 amide bonds. The molecule has 0 spiro atoms. The smallest absolute Gasteiger partial charge is 0.306 e. The molecule has 0 aliphatic rings. The SMILES string of the molecule is C=CCN(CCOC)C(=O)CCC(=O)OC(C)(C)C. The molecule has 0 radical (unpaired) electrons. The third kappa shape index (κ3) is 9.25. The van der Waals surface area contributed by atoms with Crippen molar-refractivity contribution in [2.75, 3.05) is 26.8 Å². The zero-order chi connectivity index (χ0) is 14.9. The van der Waals surface area contributed by atoms with Crippen molar-refractivity contribution < 1.29 is 19.1 Å². The van der Waals surface area contributed by atoms with Crippen LogP contribution in [0.1, 0.15) is 33.6 Å². The van der Waals surface area contributed by atoms with Crippen LogP contribution in [0.25, 0.3) is 0 Å². The first-order valence-electron chi connectivity index (χ1n) is 6.39. The van der Waals surface area contributed by atoms with Crippen molar-refractivity contribution in [2.24, 2.45) is 0 Å². The number of amides is 1. The number of esters is 1. The molecule has 5 heteroatoms. The second-order valence-corrected chi connectivity index (χ2v) is 5.21. The van der Waals surface area contributed by atoms with Crippen LogP contribution in [-0.4, -0.2) is 49.2 Å². The lowest BCUT2D eigenvalue weighted by atomic mass is 10.2. The van der Waals surface area contributed by atoms with Gasteiger partial charge in [0.05, 0.1) is 13.0 Å². The highest BCUT2D eigenvalue weighted by molar-refractivity contribution is 5.81. The number of hydrogen-bond donors (Lipinski definition) is 0. The van der Waals surface area contributed by atoms with Gasteiger partial charge in [0.25, 0.3) is 0 Å². The molecule has 0 fully saturated rings. The van der Waals surface area contributed by atoms with Gasteiger partial charge in [-0.05, 0) is 20.8 Å². The Hall–Kier alpha value is -1.36. The summed E-state index contributed by atoms with van der Waals surface area (Å²) >= 11 is 0. The summed E-state index contributed by atoms with van der Waals surface area (Å²) in [5, 5.41) is 0. The van der Waals surface area contributed by atoms with Crippen LogP contribution < -0.4 is 0 Å². The molecule has 19 heavy (non-hydrogen) atoms. The van der Waals surface area contributed by atoms with Crippen molar-refractivity contribution in [1.29, 1.82) is 0 Å². The lowest BCUT2D eigenvalue weighted by Gasteiger charge is -2.22. The van der Waals surface area contributed by atoms with E-state index in [0.717, 1.165) is 0 Å². The van der Waals surface area contributed by atoms with E-state index in [0.29, 0.717) is 19.7 Å². The van der Waals surface area contributed by atoms with Gasteiger partial charge in [-0.1, -0.05) is 6.08 Å². The molecule has 0 saturated carbocycles. The minimum absolute atomic E-state index is 0.0940. The fraction of sp³-hybridized carbons (Fsp3) is 0.714. The average molecular weight is 271 g/mol. The van der Waals surface area contributed by atoms with Crippen molar-refractivity contribution in [2.45, 2.75) is 39.2 Å². The molecule has 110 valence electrons. The van der Waals surface area contributed by atoms with Crippen molar-refractivity contribution in [3.05, 3.63) is 12.7 Å². The van der Waals surface area contributed by atoms with Gasteiger partial charge in [0.2, 0.25) is 5.91 Å². The molecular weight excluding hydrogens is 246 g/mol. The van der Waals surface area contributed by atoms with Crippen LogP contribution in [0, 0.1) is 0 Å². The van der Waals surface area contributed by atoms with Crippen molar-refractivity contribution in [1.82, 2.24) is 4.90 Å². The van der Waals surface area contributed by atoms with Crippen LogP contribution in [0.2, 0.25) is 0 Å². The Balaban J connectivity index is 4.17. The first-order valence-corrected chi connectivity index (χ1v) is 6.39. The van der Waals surface area contributed by atoms with Crippen LogP contribution >= 0.6 is 0 Å². The van der Waals surface area contributed by atoms with E-state index in [1.165, 1.54) is 0 Å². The fourth-order valence-corrected chi connectivity index (χ4v) is 1.43. The molecule has 0 unspecified atom stereocenters. The van der Waals surface area contributed by atoms with Crippen molar-refractivity contribution in [3.63, 3.8) is 0 Å². The highest BCUT2D eigenvalue weighted by Gasteiger charge is 2.18. The van der Waals surface area contributed by atoms with Crippen molar-refractivity contribution in [3.8, 4) is 0 Å². The second-order valence-electron chi connectivity index (χ2n) is 5.21. The lowest BCUT2D eigenvalue weighted by Crippen LogP contribution is -2.34. The third-order valence-corrected chi connectivity index (χ3v) is 2.23. The van der Waals surface area contributed by atoms with Gasteiger partial charge in [0.1, 0.15) is 5.60 Å². The van der Waals surface area contributed by atoms with E-state index < -0.39 is 5.60 Å². The zero-order valence-corrected chi connectivity index (χ0v) is 12.4. The summed E-state index contributed by atoms with van der Waals surface area (Å²) in [6.45, 7) is 10.4. The Morgan fingerprint density at radius 1 is 1.26 bits per heavy atom. The van der Waals surface area contributed by atoms with Crippen LogP contribution in [-0.2, 0) is 19.1 Å². The highest BCUT2D eigenvalue weighted by Crippen LogP contribution is 2.09. The summed E-state index contributed by atoms with van der Waals surface area (Å²) in [6.07, 6.45) is 1.89. The maximum atomic E-state index is 11.9. The molecule has 0 bridgehead atoms. The monoisotopic (exact) mass is 271 g/mol. The minimum atomic E-state index is -0.517. The molecule has 0 rings (SSSR count). The number of carbonyl (C=O) groups excluding carboxylic acids is 2. The normalized spacial score (nSPS) is 10.9. The van der Waals surface area contributed by atoms with E-state index in [2.05, 4.69) is 6.58 Å². The number of ether oxygens (including phenoxy) is 2. The quantitative estimate of drug-likeness (QED) is 0.499. The van der Waals surface area contributed by atoms with E-state index in [-0.39, 0.29) is 24.7 Å². The first-order chi connectivity index (χ1) is 8.80. The Kier molecular flexibility index (Phi) is 8.07. The van der Waals surface area contributed by atoms with E-state index in [9.17, 15) is 9.59 Å². The van der Waals surface area contributed by atoms with Crippen LogP contribution in [0.5, 0.6) is 0 Å². The topological polar surface area (TPSA) is 55.8 Å². The standard InChI is InChI=1S/C14H25NO4/c1-6-9-15(10-11-18-5)12(16)7-8-13(17)19-14(2,3)4/h6H,1,7-11H2,2-5H3. The molecule has 5 nitrogen and oxygen atoms in total. The zero-order valence-electron chi connectivity index (χ0n) is 12.4. The number of carbonyl (C=O) groups is 2. The van der Waals surface area contributed by atoms with Gasteiger partial charge < -0.3 is 14.4 Å². The van der Waals surface area contributed by atoms with Gasteiger partial charge in [-0.3, -0.25) is 9.59 Å². The molecule has 0 N–H and O–H groups in total. The Morgan fingerprint density at radius 2 is 1.89 bits per heavy atom. The summed E-state index contributed by atoms with van der Waals surface area (Å²) < 4.78 is 10.1. The molecule has 0 aromatic rings. The average Bonchev–Trinajstić information content (AvgIpc) is 2.29. The highest BCUT2D eigenvalue weighted by atomic mass is 16.6. The third-order valence-electron chi connectivity index (χ3n) is 2.23. The number of hydrogen-bond acceptors (Lipinski definition) is 4. The molecule has 0 aromatic heterocycles. The molecule has 0 aliphatic carbocycles. The molecular formula is C14H25NO4. The lowest BCUT2D eigenvalue weighted by molar-refractivity contribution is -0.156. The van der Waals surface area contributed by atoms with Crippen LogP contribution in [0.4, 0.5) is 0 Å². The van der Waals surface area contributed by atoms with E-state index in [4.69, 9.17) is 9.47 Å². The molecule has 0 atom stereocenters. The largest absolute Gasteiger partial charge is 0.460 e. The summed E-state index contributed by atoms with van der Waals surface area (Å²) in [5.41, 5.74) is -0.517. The fourth-order valence-electron chi connectivity index (χ4n) is 1.43. The van der Waals surface area contributed by atoms with E-state index in [1.54, 1.807) is 38.9 Å². The number of methoxy groups -OCH3 is 1. The van der Waals surface area contributed by atoms with Gasteiger partial charge >= 0.3 is 5.97 Å². The van der Waals surface area contributed by atoms with Gasteiger partial charge in [-0.15, -0.1) is 6.58 Å². The van der Waals surface area contributed by atoms with Gasteiger partial charge in [-0.25, -0.2) is 0 Å². The maximum Gasteiger partial charge on any atom is 0.306 e. The number of nitrogens with zero attached hydrogens (tertiary/aromatic N) is 1. The molecule has 0 heterocycles.